The summed E-state index contributed by atoms with van der Waals surface area (Å²) < 4.78 is 0. The molecular formula is C12H19Cl2N3. The van der Waals surface area contributed by atoms with Crippen molar-refractivity contribution >= 4 is 29.0 Å². The highest BCUT2D eigenvalue weighted by atomic mass is 35.5. The van der Waals surface area contributed by atoms with Crippen LogP contribution in [0.15, 0.2) is 12.3 Å². The van der Waals surface area contributed by atoms with E-state index in [1.165, 1.54) is 0 Å². The van der Waals surface area contributed by atoms with E-state index in [0.717, 1.165) is 6.42 Å². The van der Waals surface area contributed by atoms with E-state index in [1.54, 1.807) is 12.3 Å². The largest absolute Gasteiger partial charge is 0.362 e. The van der Waals surface area contributed by atoms with E-state index in [0.29, 0.717) is 28.3 Å². The molecule has 5 heteroatoms. The summed E-state index contributed by atoms with van der Waals surface area (Å²) in [5, 5.41) is 4.35. The SMILES string of the molecule is CC(C)CC(C)(CN)Nc1ncc(Cl)cc1Cl. The minimum absolute atomic E-state index is 0.210. The summed E-state index contributed by atoms with van der Waals surface area (Å²) in [6.45, 7) is 6.91. The zero-order valence-electron chi connectivity index (χ0n) is 10.4. The first-order valence-electron chi connectivity index (χ1n) is 5.65. The predicted molar refractivity (Wildman–Crippen MR) is 74.8 cm³/mol. The first-order valence-corrected chi connectivity index (χ1v) is 6.41. The minimum Gasteiger partial charge on any atom is -0.362 e. The molecule has 0 saturated carbocycles. The highest BCUT2D eigenvalue weighted by Gasteiger charge is 2.24. The van der Waals surface area contributed by atoms with Gasteiger partial charge in [-0.3, -0.25) is 0 Å². The van der Waals surface area contributed by atoms with Crippen molar-refractivity contribution < 1.29 is 0 Å². The van der Waals surface area contributed by atoms with Gasteiger partial charge in [0.25, 0.3) is 0 Å². The predicted octanol–water partition coefficient (Wildman–Crippen LogP) is 3.56. The van der Waals surface area contributed by atoms with Gasteiger partial charge in [0.1, 0.15) is 5.82 Å². The molecule has 1 aromatic heterocycles. The van der Waals surface area contributed by atoms with Crippen molar-refractivity contribution in [2.24, 2.45) is 11.7 Å². The maximum absolute atomic E-state index is 6.08. The zero-order valence-corrected chi connectivity index (χ0v) is 11.9. The molecule has 1 unspecified atom stereocenters. The Kier molecular flexibility index (Phi) is 5.04. The molecule has 0 aliphatic heterocycles. The topological polar surface area (TPSA) is 50.9 Å². The molecule has 0 spiro atoms. The molecule has 1 rings (SSSR count). The molecule has 96 valence electrons. The van der Waals surface area contributed by atoms with Crippen LogP contribution in [0.4, 0.5) is 5.82 Å². The molecule has 0 saturated heterocycles. The van der Waals surface area contributed by atoms with Crippen LogP contribution in [0.3, 0.4) is 0 Å². The Morgan fingerprint density at radius 3 is 2.59 bits per heavy atom. The maximum Gasteiger partial charge on any atom is 0.145 e. The Morgan fingerprint density at radius 1 is 1.47 bits per heavy atom. The molecule has 0 fully saturated rings. The summed E-state index contributed by atoms with van der Waals surface area (Å²) in [4.78, 5) is 4.19. The molecule has 1 heterocycles. The van der Waals surface area contributed by atoms with E-state index in [-0.39, 0.29) is 5.54 Å². The Labute approximate surface area is 113 Å². The van der Waals surface area contributed by atoms with Gasteiger partial charge in [0.15, 0.2) is 0 Å². The van der Waals surface area contributed by atoms with Crippen LogP contribution < -0.4 is 11.1 Å². The van der Waals surface area contributed by atoms with Gasteiger partial charge in [-0.25, -0.2) is 4.98 Å². The molecule has 0 aliphatic carbocycles. The smallest absolute Gasteiger partial charge is 0.145 e. The highest BCUT2D eigenvalue weighted by Crippen LogP contribution is 2.27. The average molecular weight is 276 g/mol. The Bertz CT molecular complexity index is 382. The van der Waals surface area contributed by atoms with Crippen molar-refractivity contribution in [3.8, 4) is 0 Å². The van der Waals surface area contributed by atoms with Gasteiger partial charge in [0, 0.05) is 18.3 Å². The zero-order chi connectivity index (χ0) is 13.1. The number of halogens is 2. The molecule has 3 N–H and O–H groups in total. The lowest BCUT2D eigenvalue weighted by Gasteiger charge is -2.32. The molecule has 0 radical (unpaired) electrons. The number of hydrogen-bond acceptors (Lipinski definition) is 3. The number of hydrogen-bond donors (Lipinski definition) is 2. The van der Waals surface area contributed by atoms with E-state index in [9.17, 15) is 0 Å². The number of nitrogens with two attached hydrogens (primary N) is 1. The second-order valence-electron chi connectivity index (χ2n) is 4.97. The first kappa shape index (κ1) is 14.6. The summed E-state index contributed by atoms with van der Waals surface area (Å²) in [5.41, 5.74) is 5.61. The maximum atomic E-state index is 6.08. The Balaban J connectivity index is 2.87. The van der Waals surface area contributed by atoms with Gasteiger partial charge in [-0.1, -0.05) is 37.0 Å². The van der Waals surface area contributed by atoms with Crippen molar-refractivity contribution in [3.05, 3.63) is 22.3 Å². The van der Waals surface area contributed by atoms with Gasteiger partial charge in [-0.15, -0.1) is 0 Å². The number of anilines is 1. The fourth-order valence-electron chi connectivity index (χ4n) is 1.88. The van der Waals surface area contributed by atoms with Crippen molar-refractivity contribution in [2.45, 2.75) is 32.7 Å². The Hall–Kier alpha value is -0.510. The van der Waals surface area contributed by atoms with Crippen molar-refractivity contribution in [2.75, 3.05) is 11.9 Å². The monoisotopic (exact) mass is 275 g/mol. The van der Waals surface area contributed by atoms with Crippen molar-refractivity contribution in [3.63, 3.8) is 0 Å². The van der Waals surface area contributed by atoms with Crippen LogP contribution >= 0.6 is 23.2 Å². The molecular weight excluding hydrogens is 257 g/mol. The van der Waals surface area contributed by atoms with Crippen LogP contribution in [0, 0.1) is 5.92 Å². The third-order valence-electron chi connectivity index (χ3n) is 2.54. The van der Waals surface area contributed by atoms with E-state index in [2.05, 4.69) is 31.1 Å². The van der Waals surface area contributed by atoms with E-state index in [1.807, 2.05) is 0 Å². The Morgan fingerprint density at radius 2 is 2.12 bits per heavy atom. The summed E-state index contributed by atoms with van der Waals surface area (Å²) in [6.07, 6.45) is 2.52. The molecule has 0 aromatic carbocycles. The van der Waals surface area contributed by atoms with Crippen LogP contribution in [0.2, 0.25) is 10.0 Å². The van der Waals surface area contributed by atoms with Crippen molar-refractivity contribution in [1.29, 1.82) is 0 Å². The molecule has 0 bridgehead atoms. The summed E-state index contributed by atoms with van der Waals surface area (Å²) in [6, 6.07) is 1.67. The van der Waals surface area contributed by atoms with Gasteiger partial charge in [0.05, 0.1) is 10.0 Å². The molecule has 17 heavy (non-hydrogen) atoms. The lowest BCUT2D eigenvalue weighted by Crippen LogP contribution is -2.44. The molecule has 3 nitrogen and oxygen atoms in total. The van der Waals surface area contributed by atoms with Gasteiger partial charge < -0.3 is 11.1 Å². The molecule has 1 aromatic rings. The molecule has 0 amide bonds. The molecule has 0 aliphatic rings. The van der Waals surface area contributed by atoms with Crippen LogP contribution in [0.5, 0.6) is 0 Å². The van der Waals surface area contributed by atoms with Gasteiger partial charge in [-0.05, 0) is 25.3 Å². The van der Waals surface area contributed by atoms with Gasteiger partial charge >= 0.3 is 0 Å². The molecule has 1 atom stereocenters. The van der Waals surface area contributed by atoms with Crippen LogP contribution in [-0.4, -0.2) is 17.1 Å². The lowest BCUT2D eigenvalue weighted by molar-refractivity contribution is 0.406. The van der Waals surface area contributed by atoms with E-state index in [4.69, 9.17) is 28.9 Å². The quantitative estimate of drug-likeness (QED) is 0.864. The second-order valence-corrected chi connectivity index (χ2v) is 5.82. The number of nitrogens with one attached hydrogen (secondary N) is 1. The minimum atomic E-state index is -0.210. The fourth-order valence-corrected chi connectivity index (χ4v) is 2.31. The van der Waals surface area contributed by atoms with Gasteiger partial charge in [0.2, 0.25) is 0 Å². The number of aromatic nitrogens is 1. The summed E-state index contributed by atoms with van der Waals surface area (Å²) in [7, 11) is 0. The summed E-state index contributed by atoms with van der Waals surface area (Å²) >= 11 is 11.9. The second kappa shape index (κ2) is 5.89. The van der Waals surface area contributed by atoms with E-state index >= 15 is 0 Å². The fraction of sp³-hybridized carbons (Fsp3) is 0.583. The standard InChI is InChI=1S/C12H19Cl2N3/c1-8(2)5-12(3,7-15)17-11-10(14)4-9(13)6-16-11/h4,6,8H,5,7,15H2,1-3H3,(H,16,17). The lowest BCUT2D eigenvalue weighted by atomic mass is 9.91. The first-order chi connectivity index (χ1) is 7.86. The normalized spacial score (nSPS) is 14.8. The van der Waals surface area contributed by atoms with E-state index < -0.39 is 0 Å². The van der Waals surface area contributed by atoms with Crippen LogP contribution in [0.25, 0.3) is 0 Å². The third-order valence-corrected chi connectivity index (χ3v) is 3.03. The van der Waals surface area contributed by atoms with Crippen LogP contribution in [-0.2, 0) is 0 Å². The van der Waals surface area contributed by atoms with Crippen molar-refractivity contribution in [1.82, 2.24) is 4.98 Å². The summed E-state index contributed by atoms with van der Waals surface area (Å²) in [5.74, 6) is 1.17. The highest BCUT2D eigenvalue weighted by molar-refractivity contribution is 6.35. The number of rotatable bonds is 5. The number of pyridine rings is 1. The third kappa shape index (κ3) is 4.34. The van der Waals surface area contributed by atoms with Gasteiger partial charge in [-0.2, -0.15) is 0 Å². The number of nitrogens with zero attached hydrogens (tertiary/aromatic N) is 1. The van der Waals surface area contributed by atoms with Crippen LogP contribution in [0.1, 0.15) is 27.2 Å². The average Bonchev–Trinajstić information content (AvgIpc) is 2.21.